The molecule has 8 heteroatoms. The van der Waals surface area contributed by atoms with Gasteiger partial charge in [0.05, 0.1) is 5.56 Å². The van der Waals surface area contributed by atoms with Crippen molar-refractivity contribution in [3.05, 3.63) is 53.8 Å². The van der Waals surface area contributed by atoms with Crippen LogP contribution in [-0.4, -0.2) is 37.2 Å². The van der Waals surface area contributed by atoms with Gasteiger partial charge in [-0.25, -0.2) is 4.39 Å². The number of alkyl halides is 3. The summed E-state index contributed by atoms with van der Waals surface area (Å²) in [4.78, 5) is 14.9. The lowest BCUT2D eigenvalue weighted by atomic mass is 9.99. The summed E-state index contributed by atoms with van der Waals surface area (Å²) in [6.45, 7) is 0.996. The van der Waals surface area contributed by atoms with Gasteiger partial charge in [0.1, 0.15) is 11.9 Å². The van der Waals surface area contributed by atoms with Crippen molar-refractivity contribution in [3.63, 3.8) is 0 Å². The normalized spacial score (nSPS) is 17.5. The van der Waals surface area contributed by atoms with Crippen LogP contribution in [0.1, 0.15) is 24.8 Å². The molecule has 2 aromatic rings. The molecular weight excluding hydrogens is 388 g/mol. The van der Waals surface area contributed by atoms with Gasteiger partial charge in [-0.1, -0.05) is 12.1 Å². The third-order valence-electron chi connectivity index (χ3n) is 5.33. The van der Waals surface area contributed by atoms with Gasteiger partial charge in [0.2, 0.25) is 0 Å². The molecule has 1 saturated heterocycles. The Kier molecular flexibility index (Phi) is 6.12. The SMILES string of the molecule is CN1CCCC1CCN(C(=O)[O-])c1ccc(C(F)(F)F)cc1-c1cccc(F)c1. The molecule has 0 N–H and O–H groups in total. The molecule has 0 spiro atoms. The molecule has 4 nitrogen and oxygen atoms in total. The molecule has 1 aliphatic rings. The summed E-state index contributed by atoms with van der Waals surface area (Å²) in [7, 11) is 1.96. The highest BCUT2D eigenvalue weighted by Crippen LogP contribution is 2.38. The number of likely N-dealkylation sites (tertiary alicyclic amines) is 1. The molecule has 1 unspecified atom stereocenters. The van der Waals surface area contributed by atoms with Crippen LogP contribution >= 0.6 is 0 Å². The maximum atomic E-state index is 13.7. The Morgan fingerprint density at radius 1 is 1.24 bits per heavy atom. The third-order valence-corrected chi connectivity index (χ3v) is 5.33. The quantitative estimate of drug-likeness (QED) is 0.698. The lowest BCUT2D eigenvalue weighted by molar-refractivity contribution is -0.246. The average Bonchev–Trinajstić information content (AvgIpc) is 3.06. The molecule has 29 heavy (non-hydrogen) atoms. The molecule has 0 aromatic heterocycles. The second-order valence-corrected chi connectivity index (χ2v) is 7.22. The molecule has 1 fully saturated rings. The predicted molar refractivity (Wildman–Crippen MR) is 99.8 cm³/mol. The van der Waals surface area contributed by atoms with Crippen LogP contribution in [0.2, 0.25) is 0 Å². The number of carboxylic acid groups (broad SMARTS) is 1. The number of halogens is 4. The van der Waals surface area contributed by atoms with E-state index < -0.39 is 23.7 Å². The van der Waals surface area contributed by atoms with Gasteiger partial charge >= 0.3 is 6.18 Å². The molecule has 0 saturated carbocycles. The van der Waals surface area contributed by atoms with Gasteiger partial charge in [-0.15, -0.1) is 0 Å². The van der Waals surface area contributed by atoms with Crippen molar-refractivity contribution in [2.45, 2.75) is 31.5 Å². The van der Waals surface area contributed by atoms with E-state index >= 15 is 0 Å². The van der Waals surface area contributed by atoms with Crippen LogP contribution in [-0.2, 0) is 6.18 Å². The number of benzene rings is 2. The molecule has 1 amide bonds. The molecule has 2 aromatic carbocycles. The van der Waals surface area contributed by atoms with E-state index in [1.54, 1.807) is 0 Å². The molecule has 1 aliphatic heterocycles. The molecule has 1 atom stereocenters. The molecular formula is C21H21F4N2O2-. The van der Waals surface area contributed by atoms with Gasteiger partial charge in [0, 0.05) is 23.8 Å². The Hall–Kier alpha value is -2.61. The van der Waals surface area contributed by atoms with Crippen molar-refractivity contribution in [3.8, 4) is 11.1 Å². The van der Waals surface area contributed by atoms with Crippen LogP contribution in [0.15, 0.2) is 42.5 Å². The van der Waals surface area contributed by atoms with E-state index in [1.165, 1.54) is 18.2 Å². The van der Waals surface area contributed by atoms with Crippen LogP contribution in [0.4, 0.5) is 28.0 Å². The van der Waals surface area contributed by atoms with Crippen molar-refractivity contribution in [2.75, 3.05) is 25.0 Å². The van der Waals surface area contributed by atoms with E-state index in [9.17, 15) is 27.5 Å². The van der Waals surface area contributed by atoms with E-state index in [1.807, 2.05) is 7.05 Å². The van der Waals surface area contributed by atoms with Crippen LogP contribution < -0.4 is 10.0 Å². The van der Waals surface area contributed by atoms with E-state index in [4.69, 9.17) is 0 Å². The number of amides is 1. The fourth-order valence-corrected chi connectivity index (χ4v) is 3.77. The highest BCUT2D eigenvalue weighted by atomic mass is 19.4. The molecule has 1 heterocycles. The highest BCUT2D eigenvalue weighted by molar-refractivity contribution is 5.92. The van der Waals surface area contributed by atoms with E-state index in [2.05, 4.69) is 4.90 Å². The maximum Gasteiger partial charge on any atom is 0.416 e. The number of anilines is 1. The minimum atomic E-state index is -4.61. The van der Waals surface area contributed by atoms with Gasteiger partial charge < -0.3 is 19.7 Å². The number of carbonyl (C=O) groups excluding carboxylic acids is 1. The Balaban J connectivity index is 2.01. The smallest absolute Gasteiger partial charge is 0.416 e. The van der Waals surface area contributed by atoms with Gasteiger partial charge in [-0.05, 0) is 68.8 Å². The summed E-state index contributed by atoms with van der Waals surface area (Å²) in [5.41, 5.74) is -0.739. The minimum absolute atomic E-state index is 0.0108. The number of rotatable bonds is 5. The molecule has 0 aliphatic carbocycles. The summed E-state index contributed by atoms with van der Waals surface area (Å²) < 4.78 is 53.4. The minimum Gasteiger partial charge on any atom is -0.530 e. The molecule has 0 radical (unpaired) electrons. The van der Waals surface area contributed by atoms with Gasteiger partial charge in [0.15, 0.2) is 0 Å². The number of nitrogens with zero attached hydrogens (tertiary/aromatic N) is 2. The first-order chi connectivity index (χ1) is 13.7. The van der Waals surface area contributed by atoms with Gasteiger partial charge in [-0.2, -0.15) is 13.2 Å². The van der Waals surface area contributed by atoms with Crippen molar-refractivity contribution in [2.24, 2.45) is 0 Å². The second kappa shape index (κ2) is 8.41. The first-order valence-corrected chi connectivity index (χ1v) is 9.33. The van der Waals surface area contributed by atoms with Gasteiger partial charge in [0.25, 0.3) is 0 Å². The zero-order chi connectivity index (χ0) is 21.2. The summed E-state index contributed by atoms with van der Waals surface area (Å²) in [6, 6.07) is 8.05. The number of hydrogen-bond acceptors (Lipinski definition) is 3. The topological polar surface area (TPSA) is 46.6 Å². The van der Waals surface area contributed by atoms with Crippen LogP contribution in [0, 0.1) is 5.82 Å². The Bertz CT molecular complexity index is 885. The van der Waals surface area contributed by atoms with Crippen molar-refractivity contribution in [1.29, 1.82) is 0 Å². The standard InChI is InChI=1S/C21H22F4N2O2/c1-26-10-3-6-17(26)9-11-27(20(28)29)19-8-7-15(21(23,24)25)13-18(19)14-4-2-5-16(22)12-14/h2,4-5,7-8,12-13,17H,3,6,9-11H2,1H3,(H,28,29)/p-1. The lowest BCUT2D eigenvalue weighted by Gasteiger charge is -2.30. The van der Waals surface area contributed by atoms with Crippen molar-refractivity contribution >= 4 is 11.8 Å². The second-order valence-electron chi connectivity index (χ2n) is 7.22. The number of hydrogen-bond donors (Lipinski definition) is 0. The molecule has 156 valence electrons. The molecule has 0 bridgehead atoms. The lowest BCUT2D eigenvalue weighted by Crippen LogP contribution is -2.43. The predicted octanol–water partition coefficient (Wildman–Crippen LogP) is 4.15. The monoisotopic (exact) mass is 409 g/mol. The van der Waals surface area contributed by atoms with Crippen molar-refractivity contribution in [1.82, 2.24) is 4.90 Å². The Morgan fingerprint density at radius 3 is 2.59 bits per heavy atom. The zero-order valence-electron chi connectivity index (χ0n) is 15.9. The van der Waals surface area contributed by atoms with E-state index in [0.29, 0.717) is 6.42 Å². The summed E-state index contributed by atoms with van der Waals surface area (Å²) in [6.07, 6.45) is -3.65. The van der Waals surface area contributed by atoms with Crippen LogP contribution in [0.5, 0.6) is 0 Å². The fraction of sp³-hybridized carbons (Fsp3) is 0.381. The largest absolute Gasteiger partial charge is 0.530 e. The van der Waals surface area contributed by atoms with Crippen LogP contribution in [0.3, 0.4) is 0 Å². The summed E-state index contributed by atoms with van der Waals surface area (Å²) in [5, 5.41) is 11.8. The van der Waals surface area contributed by atoms with Gasteiger partial charge in [-0.3, -0.25) is 0 Å². The first kappa shape index (κ1) is 21.1. The third kappa shape index (κ3) is 4.87. The van der Waals surface area contributed by atoms with E-state index in [0.717, 1.165) is 48.6 Å². The Labute approximate surface area is 166 Å². The first-order valence-electron chi connectivity index (χ1n) is 9.33. The summed E-state index contributed by atoms with van der Waals surface area (Å²) in [5.74, 6) is -0.626. The fourth-order valence-electron chi connectivity index (χ4n) is 3.77. The zero-order valence-corrected chi connectivity index (χ0v) is 15.9. The molecule has 3 rings (SSSR count). The van der Waals surface area contributed by atoms with E-state index in [-0.39, 0.29) is 29.4 Å². The van der Waals surface area contributed by atoms with Crippen LogP contribution in [0.25, 0.3) is 11.1 Å². The highest BCUT2D eigenvalue weighted by Gasteiger charge is 2.32. The number of carbonyl (C=O) groups is 1. The Morgan fingerprint density at radius 2 is 2.00 bits per heavy atom. The van der Waals surface area contributed by atoms with Crippen molar-refractivity contribution < 1.29 is 27.5 Å². The maximum absolute atomic E-state index is 13.7. The summed E-state index contributed by atoms with van der Waals surface area (Å²) >= 11 is 0. The average molecular weight is 409 g/mol.